The Kier molecular flexibility index (Phi) is 14.6. The molecule has 0 aliphatic carbocycles. The van der Waals surface area contributed by atoms with Gasteiger partial charge in [-0.25, -0.2) is 0 Å². The van der Waals surface area contributed by atoms with Gasteiger partial charge in [0.1, 0.15) is 0 Å². The topological polar surface area (TPSA) is 26.3 Å². The predicted molar refractivity (Wildman–Crippen MR) is 95.7 cm³/mol. The van der Waals surface area contributed by atoms with Crippen LogP contribution in [0.3, 0.4) is 0 Å². The first-order valence-electron chi connectivity index (χ1n) is 9.43. The molecule has 2 heteroatoms. The van der Waals surface area contributed by atoms with Crippen LogP contribution in [0.5, 0.6) is 0 Å². The summed E-state index contributed by atoms with van der Waals surface area (Å²) in [5.41, 5.74) is 0. The Morgan fingerprint density at radius 3 is 1.91 bits per heavy atom. The molecule has 0 amide bonds. The molecule has 0 saturated heterocycles. The van der Waals surface area contributed by atoms with Gasteiger partial charge in [0.05, 0.1) is 12.2 Å². The lowest BCUT2D eigenvalue weighted by molar-refractivity contribution is -0.143. The molecule has 0 rings (SSSR count). The fraction of sp³-hybridized carbons (Fsp3) is 0.850. The maximum absolute atomic E-state index is 11.8. The van der Waals surface area contributed by atoms with Crippen LogP contribution in [0.2, 0.25) is 0 Å². The summed E-state index contributed by atoms with van der Waals surface area (Å²) < 4.78 is 4.97. The van der Waals surface area contributed by atoms with Crippen molar-refractivity contribution in [1.82, 2.24) is 0 Å². The molecule has 0 N–H and O–H groups in total. The number of carbonyl (C=O) groups is 1. The van der Waals surface area contributed by atoms with Crippen LogP contribution in [0, 0.1) is 11.8 Å². The highest BCUT2D eigenvalue weighted by Crippen LogP contribution is 2.20. The SMILES string of the molecule is C=COC(=O)C(CCCC)CCCCCCCCCC(C)C. The van der Waals surface area contributed by atoms with E-state index in [4.69, 9.17) is 4.74 Å². The van der Waals surface area contributed by atoms with E-state index in [1.807, 2.05) is 0 Å². The smallest absolute Gasteiger partial charge is 0.313 e. The zero-order valence-corrected chi connectivity index (χ0v) is 15.2. The molecular formula is C20H38O2. The highest BCUT2D eigenvalue weighted by atomic mass is 16.5. The Bertz CT molecular complexity index is 271. The standard InChI is InChI=1S/C20H38O2/c1-5-7-16-19(20(21)22-6-2)17-14-12-10-8-9-11-13-15-18(3)4/h6,18-19H,2,5,7-17H2,1,3-4H3. The van der Waals surface area contributed by atoms with Gasteiger partial charge < -0.3 is 4.74 Å². The van der Waals surface area contributed by atoms with E-state index in [1.165, 1.54) is 51.2 Å². The maximum atomic E-state index is 11.8. The molecule has 0 aromatic heterocycles. The summed E-state index contributed by atoms with van der Waals surface area (Å²) in [6.07, 6.45) is 16.0. The van der Waals surface area contributed by atoms with E-state index >= 15 is 0 Å². The highest BCUT2D eigenvalue weighted by molar-refractivity contribution is 5.72. The summed E-state index contributed by atoms with van der Waals surface area (Å²) in [5.74, 6) is 0.830. The maximum Gasteiger partial charge on any atom is 0.313 e. The minimum Gasteiger partial charge on any atom is -0.435 e. The van der Waals surface area contributed by atoms with Crippen LogP contribution in [-0.4, -0.2) is 5.97 Å². The molecule has 0 spiro atoms. The number of unbranched alkanes of at least 4 members (excludes halogenated alkanes) is 7. The molecule has 1 atom stereocenters. The van der Waals surface area contributed by atoms with Crippen LogP contribution >= 0.6 is 0 Å². The molecule has 22 heavy (non-hydrogen) atoms. The summed E-state index contributed by atoms with van der Waals surface area (Å²) in [6.45, 7) is 10.2. The molecule has 1 unspecified atom stereocenters. The molecular weight excluding hydrogens is 272 g/mol. The van der Waals surface area contributed by atoms with Gasteiger partial charge in [0.25, 0.3) is 0 Å². The Balaban J connectivity index is 3.62. The van der Waals surface area contributed by atoms with Crippen molar-refractivity contribution in [3.05, 3.63) is 12.8 Å². The van der Waals surface area contributed by atoms with Crippen molar-refractivity contribution in [3.8, 4) is 0 Å². The second-order valence-electron chi connectivity index (χ2n) is 6.89. The Morgan fingerprint density at radius 1 is 0.909 bits per heavy atom. The Hall–Kier alpha value is -0.790. The van der Waals surface area contributed by atoms with Crippen LogP contribution < -0.4 is 0 Å². The van der Waals surface area contributed by atoms with E-state index < -0.39 is 0 Å². The van der Waals surface area contributed by atoms with Gasteiger partial charge in [0.15, 0.2) is 0 Å². The summed E-state index contributed by atoms with van der Waals surface area (Å²) in [5, 5.41) is 0. The molecule has 2 nitrogen and oxygen atoms in total. The van der Waals surface area contributed by atoms with Crippen LogP contribution in [0.1, 0.15) is 97.8 Å². The second kappa shape index (κ2) is 15.1. The van der Waals surface area contributed by atoms with Gasteiger partial charge in [-0.05, 0) is 18.8 Å². The summed E-state index contributed by atoms with van der Waals surface area (Å²) in [4.78, 5) is 11.8. The molecule has 0 aliphatic heterocycles. The number of esters is 1. The first-order valence-corrected chi connectivity index (χ1v) is 9.43. The van der Waals surface area contributed by atoms with E-state index in [0.717, 1.165) is 38.0 Å². The average molecular weight is 311 g/mol. The predicted octanol–water partition coefficient (Wildman–Crippen LogP) is 6.65. The summed E-state index contributed by atoms with van der Waals surface area (Å²) in [6, 6.07) is 0. The number of carbonyl (C=O) groups excluding carboxylic acids is 1. The normalized spacial score (nSPS) is 12.4. The Labute approximate surface area is 138 Å². The fourth-order valence-corrected chi connectivity index (χ4v) is 2.84. The average Bonchev–Trinajstić information content (AvgIpc) is 2.48. The Morgan fingerprint density at radius 2 is 1.41 bits per heavy atom. The number of ether oxygens (including phenoxy) is 1. The lowest BCUT2D eigenvalue weighted by atomic mass is 9.95. The highest BCUT2D eigenvalue weighted by Gasteiger charge is 2.18. The number of hydrogen-bond acceptors (Lipinski definition) is 2. The molecule has 0 aromatic rings. The molecule has 0 saturated carbocycles. The largest absolute Gasteiger partial charge is 0.435 e. The minimum atomic E-state index is -0.0860. The fourth-order valence-electron chi connectivity index (χ4n) is 2.84. The van der Waals surface area contributed by atoms with E-state index in [2.05, 4.69) is 27.4 Å². The van der Waals surface area contributed by atoms with E-state index in [0.29, 0.717) is 0 Å². The van der Waals surface area contributed by atoms with E-state index in [-0.39, 0.29) is 11.9 Å². The van der Waals surface area contributed by atoms with Crippen LogP contribution in [0.4, 0.5) is 0 Å². The van der Waals surface area contributed by atoms with Gasteiger partial charge in [0, 0.05) is 0 Å². The molecule has 0 aromatic carbocycles. The lowest BCUT2D eigenvalue weighted by Crippen LogP contribution is -2.15. The van der Waals surface area contributed by atoms with Crippen molar-refractivity contribution in [3.63, 3.8) is 0 Å². The zero-order chi connectivity index (χ0) is 16.6. The third-order valence-electron chi connectivity index (χ3n) is 4.27. The molecule has 0 aliphatic rings. The van der Waals surface area contributed by atoms with E-state index in [1.54, 1.807) is 0 Å². The van der Waals surface area contributed by atoms with Gasteiger partial charge >= 0.3 is 5.97 Å². The van der Waals surface area contributed by atoms with Crippen molar-refractivity contribution in [2.24, 2.45) is 11.8 Å². The van der Waals surface area contributed by atoms with Gasteiger partial charge in [-0.1, -0.05) is 91.6 Å². The number of rotatable bonds is 15. The molecule has 0 radical (unpaired) electrons. The van der Waals surface area contributed by atoms with E-state index in [9.17, 15) is 4.79 Å². The van der Waals surface area contributed by atoms with Crippen LogP contribution in [-0.2, 0) is 9.53 Å². The third kappa shape index (κ3) is 12.9. The monoisotopic (exact) mass is 310 g/mol. The number of hydrogen-bond donors (Lipinski definition) is 0. The lowest BCUT2D eigenvalue weighted by Gasteiger charge is -2.14. The van der Waals surface area contributed by atoms with Gasteiger partial charge in [-0.2, -0.15) is 0 Å². The van der Waals surface area contributed by atoms with Crippen molar-refractivity contribution in [2.45, 2.75) is 97.8 Å². The second-order valence-corrected chi connectivity index (χ2v) is 6.89. The molecule has 130 valence electrons. The minimum absolute atomic E-state index is 0.0731. The van der Waals surface area contributed by atoms with Gasteiger partial charge in [-0.3, -0.25) is 4.79 Å². The van der Waals surface area contributed by atoms with Crippen molar-refractivity contribution < 1.29 is 9.53 Å². The van der Waals surface area contributed by atoms with Gasteiger partial charge in [0.2, 0.25) is 0 Å². The van der Waals surface area contributed by atoms with Crippen LogP contribution in [0.15, 0.2) is 12.8 Å². The summed E-state index contributed by atoms with van der Waals surface area (Å²) >= 11 is 0. The van der Waals surface area contributed by atoms with Crippen molar-refractivity contribution >= 4 is 5.97 Å². The van der Waals surface area contributed by atoms with Crippen LogP contribution in [0.25, 0.3) is 0 Å². The molecule has 0 heterocycles. The quantitative estimate of drug-likeness (QED) is 0.192. The van der Waals surface area contributed by atoms with Crippen molar-refractivity contribution in [2.75, 3.05) is 0 Å². The molecule has 0 bridgehead atoms. The zero-order valence-electron chi connectivity index (χ0n) is 15.2. The molecule has 0 fully saturated rings. The van der Waals surface area contributed by atoms with Crippen molar-refractivity contribution in [1.29, 1.82) is 0 Å². The first kappa shape index (κ1) is 21.2. The van der Waals surface area contributed by atoms with Gasteiger partial charge in [-0.15, -0.1) is 0 Å². The third-order valence-corrected chi connectivity index (χ3v) is 4.27. The summed E-state index contributed by atoms with van der Waals surface area (Å²) in [7, 11) is 0. The first-order chi connectivity index (χ1) is 10.6.